The van der Waals surface area contributed by atoms with E-state index in [4.69, 9.17) is 9.97 Å². The predicted octanol–water partition coefficient (Wildman–Crippen LogP) is 16.3. The van der Waals surface area contributed by atoms with Crippen molar-refractivity contribution >= 4 is 11.0 Å². The summed E-state index contributed by atoms with van der Waals surface area (Å²) >= 11 is 0. The third-order valence-corrected chi connectivity index (χ3v) is 12.6. The number of aromatic nitrogens is 3. The van der Waals surface area contributed by atoms with Crippen LogP contribution in [0.1, 0.15) is 123 Å². The number of hydrogen-bond donors (Lipinski definition) is 1. The molecule has 0 amide bonds. The summed E-state index contributed by atoms with van der Waals surface area (Å²) in [5.74, 6) is 1.83. The molecule has 4 nitrogen and oxygen atoms in total. The van der Waals surface area contributed by atoms with Crippen LogP contribution in [0.2, 0.25) is 0 Å². The molecule has 0 aliphatic heterocycles. The van der Waals surface area contributed by atoms with Crippen LogP contribution in [0, 0.1) is 12.0 Å². The van der Waals surface area contributed by atoms with Crippen molar-refractivity contribution in [1.82, 2.24) is 14.5 Å². The molecule has 0 spiro atoms. The van der Waals surface area contributed by atoms with Gasteiger partial charge in [-0.3, -0.25) is 9.55 Å². The van der Waals surface area contributed by atoms with Crippen LogP contribution in [0.25, 0.3) is 72.7 Å². The number of pyridine rings is 1. The number of imidazole rings is 1. The van der Waals surface area contributed by atoms with Crippen LogP contribution in [-0.4, -0.2) is 19.6 Å². The normalized spacial score (nSPS) is 12.1. The number of benzene rings is 6. The van der Waals surface area contributed by atoms with Crippen LogP contribution in [0.4, 0.5) is 0 Å². The molecule has 0 saturated heterocycles. The van der Waals surface area contributed by atoms with E-state index < -0.39 is 0 Å². The minimum Gasteiger partial charge on any atom is -0.507 e. The molecule has 1 N–H and O–H groups in total. The van der Waals surface area contributed by atoms with Gasteiger partial charge in [-0.05, 0) is 110 Å². The fourth-order valence-electron chi connectivity index (χ4n) is 8.82. The Morgan fingerprint density at radius 2 is 1.29 bits per heavy atom. The van der Waals surface area contributed by atoms with Crippen LogP contribution in [0.15, 0.2) is 134 Å². The van der Waals surface area contributed by atoms with Crippen molar-refractivity contribution in [3.05, 3.63) is 167 Å². The summed E-state index contributed by atoms with van der Waals surface area (Å²) in [5.41, 5.74) is 17.8. The van der Waals surface area contributed by atoms with Gasteiger partial charge >= 0.3 is 0 Å². The van der Waals surface area contributed by atoms with Crippen LogP contribution < -0.4 is 0 Å². The molecule has 2 aromatic heterocycles. The molecule has 0 aliphatic carbocycles. The van der Waals surface area contributed by atoms with Crippen molar-refractivity contribution in [2.24, 2.45) is 5.92 Å². The summed E-state index contributed by atoms with van der Waals surface area (Å²) in [6.45, 7) is 26.8. The van der Waals surface area contributed by atoms with Gasteiger partial charge in [0.2, 0.25) is 0 Å². The molecule has 65 heavy (non-hydrogen) atoms. The quantitative estimate of drug-likeness (QED) is 0.139. The molecule has 2 heterocycles. The van der Waals surface area contributed by atoms with E-state index in [-0.39, 0.29) is 49.5 Å². The van der Waals surface area contributed by atoms with Crippen molar-refractivity contribution < 1.29 is 26.2 Å². The SMILES string of the molecule is CC(C)Cc1cc(-n2c(-c3cc(C(C)C)cc(C(C)C)c3O)nc3c(-c4[c-]c(-c5cc(-c6ccc(C(C)(C)C)cc6)ccn5)cc(C(C)(C)C)c4)cccc32)ccc1-c1ccccc1.[Pt]. The van der Waals surface area contributed by atoms with Gasteiger partial charge < -0.3 is 5.11 Å². The van der Waals surface area contributed by atoms with Gasteiger partial charge in [0, 0.05) is 38.6 Å². The van der Waals surface area contributed by atoms with Gasteiger partial charge in [-0.2, -0.15) is 0 Å². The maximum Gasteiger partial charge on any atom is 0.148 e. The van der Waals surface area contributed by atoms with E-state index in [0.29, 0.717) is 11.7 Å². The maximum absolute atomic E-state index is 12.2. The molecule has 5 heteroatoms. The molecule has 6 aromatic carbocycles. The van der Waals surface area contributed by atoms with Crippen LogP contribution in [0.5, 0.6) is 5.75 Å². The molecular weight excluding hydrogens is 974 g/mol. The summed E-state index contributed by atoms with van der Waals surface area (Å²) in [6, 6.07) is 49.8. The van der Waals surface area contributed by atoms with E-state index in [2.05, 4.69) is 221 Å². The summed E-state index contributed by atoms with van der Waals surface area (Å²) in [5, 5.41) is 12.2. The second kappa shape index (κ2) is 18.7. The average Bonchev–Trinajstić information content (AvgIpc) is 3.65. The van der Waals surface area contributed by atoms with E-state index >= 15 is 0 Å². The number of phenolic OH excluding ortho intramolecular Hbond substituents is 1. The zero-order valence-corrected chi connectivity index (χ0v) is 42.5. The molecule has 0 unspecified atom stereocenters. The zero-order valence-electron chi connectivity index (χ0n) is 40.2. The third kappa shape index (κ3) is 9.85. The van der Waals surface area contributed by atoms with Crippen LogP contribution in [-0.2, 0) is 38.3 Å². The Labute approximate surface area is 402 Å². The Morgan fingerprint density at radius 1 is 0.600 bits per heavy atom. The largest absolute Gasteiger partial charge is 0.507 e. The fraction of sp³-hybridized carbons (Fsp3) is 0.300. The van der Waals surface area contributed by atoms with E-state index in [0.717, 1.165) is 67.8 Å². The number of fused-ring (bicyclic) bond motifs is 1. The molecular formula is C60H64N3OPt-. The average molecular weight is 1040 g/mol. The molecule has 0 saturated carbocycles. The number of nitrogens with zero attached hydrogens (tertiary/aromatic N) is 3. The van der Waals surface area contributed by atoms with E-state index in [1.807, 2.05) is 6.20 Å². The Kier molecular flexibility index (Phi) is 13.7. The Bertz CT molecular complexity index is 2960. The van der Waals surface area contributed by atoms with E-state index in [1.54, 1.807) is 0 Å². The maximum atomic E-state index is 12.2. The summed E-state index contributed by atoms with van der Waals surface area (Å²) in [6.07, 6.45) is 2.83. The fourth-order valence-corrected chi connectivity index (χ4v) is 8.82. The number of phenols is 1. The predicted molar refractivity (Wildman–Crippen MR) is 271 cm³/mol. The zero-order chi connectivity index (χ0) is 45.7. The van der Waals surface area contributed by atoms with Crippen molar-refractivity contribution in [3.63, 3.8) is 0 Å². The number of hydrogen-bond acceptors (Lipinski definition) is 3. The number of aromatic hydroxyl groups is 1. The molecule has 8 aromatic rings. The van der Waals surface area contributed by atoms with E-state index in [1.165, 1.54) is 33.4 Å². The van der Waals surface area contributed by atoms with Gasteiger partial charge in [0.25, 0.3) is 0 Å². The first-order chi connectivity index (χ1) is 30.4. The summed E-state index contributed by atoms with van der Waals surface area (Å²) in [7, 11) is 0. The number of para-hydroxylation sites is 1. The van der Waals surface area contributed by atoms with Crippen molar-refractivity contribution in [2.45, 2.75) is 112 Å². The van der Waals surface area contributed by atoms with Gasteiger partial charge in [-0.1, -0.05) is 179 Å². The second-order valence-corrected chi connectivity index (χ2v) is 20.8. The second-order valence-electron chi connectivity index (χ2n) is 20.8. The molecule has 8 rings (SSSR count). The van der Waals surface area contributed by atoms with Gasteiger partial charge in [-0.15, -0.1) is 29.3 Å². The van der Waals surface area contributed by atoms with Gasteiger partial charge in [-0.25, -0.2) is 4.98 Å². The Morgan fingerprint density at radius 3 is 1.94 bits per heavy atom. The first-order valence-electron chi connectivity index (χ1n) is 23.1. The Balaban J connectivity index is 0.00000630. The van der Waals surface area contributed by atoms with Crippen molar-refractivity contribution in [1.29, 1.82) is 0 Å². The summed E-state index contributed by atoms with van der Waals surface area (Å²) < 4.78 is 2.27. The van der Waals surface area contributed by atoms with Crippen molar-refractivity contribution in [2.75, 3.05) is 0 Å². The van der Waals surface area contributed by atoms with Gasteiger partial charge in [0.15, 0.2) is 0 Å². The molecule has 0 radical (unpaired) electrons. The van der Waals surface area contributed by atoms with E-state index in [9.17, 15) is 5.11 Å². The molecule has 0 fully saturated rings. The minimum atomic E-state index is -0.152. The van der Waals surface area contributed by atoms with Gasteiger partial charge in [0.05, 0.1) is 16.6 Å². The standard InChI is InChI=1S/C60H64N3O.Pt/c1-37(2)29-44-33-49(25-26-50(44)41-17-14-13-15-18-41)63-55-20-16-19-51(56(55)62-58(63)53-35-43(38(3)4)34-52(39(5)6)57(53)64)45-30-46(32-48(31-45)60(10,11)12)54-36-42(27-28-61-54)40-21-23-47(24-22-40)59(7,8)9;/h13-28,31-39,64H,29H2,1-12H3;/q-1;. The summed E-state index contributed by atoms with van der Waals surface area (Å²) in [4.78, 5) is 10.6. The smallest absolute Gasteiger partial charge is 0.148 e. The molecule has 0 aliphatic rings. The Hall–Kier alpha value is -5.57. The van der Waals surface area contributed by atoms with Crippen molar-refractivity contribution in [3.8, 4) is 67.5 Å². The topological polar surface area (TPSA) is 50.9 Å². The van der Waals surface area contributed by atoms with Gasteiger partial charge in [0.1, 0.15) is 11.6 Å². The minimum absolute atomic E-state index is 0. The van der Waals surface area contributed by atoms with Crippen LogP contribution in [0.3, 0.4) is 0 Å². The van der Waals surface area contributed by atoms with Crippen LogP contribution >= 0.6 is 0 Å². The number of rotatable bonds is 10. The molecule has 0 bridgehead atoms. The first kappa shape index (κ1) is 47.4. The third-order valence-electron chi connectivity index (χ3n) is 12.6. The first-order valence-corrected chi connectivity index (χ1v) is 23.1. The monoisotopic (exact) mass is 1040 g/mol. The molecule has 336 valence electrons. The molecule has 0 atom stereocenters.